The van der Waals surface area contributed by atoms with Gasteiger partial charge in [-0.2, -0.15) is 4.68 Å². The predicted octanol–water partition coefficient (Wildman–Crippen LogP) is 1.77. The molecule has 4 aromatic rings. The molecule has 10 heteroatoms. The second-order valence-electron chi connectivity index (χ2n) is 6.28. The zero-order valence-electron chi connectivity index (χ0n) is 14.7. The molecule has 0 aliphatic heterocycles. The third-order valence-electron chi connectivity index (χ3n) is 4.38. The number of benzene rings is 2. The summed E-state index contributed by atoms with van der Waals surface area (Å²) < 4.78 is 1.41. The molecule has 4 rings (SSSR count). The number of aliphatic carboxylic acids is 1. The van der Waals surface area contributed by atoms with Crippen LogP contribution in [0, 0.1) is 0 Å². The lowest BCUT2D eigenvalue weighted by Gasteiger charge is -2.12. The number of halogens is 1. The fraction of sp³-hybridized carbons (Fsp3) is 0.0526. The smallest absolute Gasteiger partial charge is 0.351 e. The van der Waals surface area contributed by atoms with Crippen LogP contribution < -0.4 is 16.7 Å². The molecule has 0 saturated carbocycles. The van der Waals surface area contributed by atoms with E-state index in [1.807, 2.05) is 0 Å². The quantitative estimate of drug-likeness (QED) is 0.471. The van der Waals surface area contributed by atoms with Crippen molar-refractivity contribution in [1.82, 2.24) is 14.2 Å². The van der Waals surface area contributed by atoms with Crippen molar-refractivity contribution in [3.05, 3.63) is 80.1 Å². The van der Waals surface area contributed by atoms with E-state index in [9.17, 15) is 19.2 Å². The van der Waals surface area contributed by atoms with Crippen LogP contribution >= 0.6 is 11.6 Å². The number of fused-ring (bicyclic) bond motifs is 2. The molecule has 29 heavy (non-hydrogen) atoms. The van der Waals surface area contributed by atoms with Gasteiger partial charge in [-0.15, -0.1) is 0 Å². The van der Waals surface area contributed by atoms with Crippen LogP contribution in [0.1, 0.15) is 10.5 Å². The van der Waals surface area contributed by atoms with Crippen molar-refractivity contribution in [2.75, 3.05) is 5.43 Å². The minimum Gasteiger partial charge on any atom is -0.480 e. The van der Waals surface area contributed by atoms with Crippen molar-refractivity contribution < 1.29 is 14.7 Å². The van der Waals surface area contributed by atoms with E-state index in [4.69, 9.17) is 16.7 Å². The van der Waals surface area contributed by atoms with Crippen LogP contribution in [0.4, 0.5) is 0 Å². The van der Waals surface area contributed by atoms with E-state index in [-0.39, 0.29) is 16.6 Å². The summed E-state index contributed by atoms with van der Waals surface area (Å²) in [5.74, 6) is -2.00. The first-order valence-corrected chi connectivity index (χ1v) is 8.79. The fourth-order valence-corrected chi connectivity index (χ4v) is 3.28. The Bertz CT molecular complexity index is 1420. The zero-order valence-corrected chi connectivity index (χ0v) is 15.4. The molecule has 0 unspecified atom stereocenters. The van der Waals surface area contributed by atoms with Gasteiger partial charge in [0.15, 0.2) is 0 Å². The summed E-state index contributed by atoms with van der Waals surface area (Å²) in [6.07, 6.45) is 0. The highest BCUT2D eigenvalue weighted by molar-refractivity contribution is 6.31. The van der Waals surface area contributed by atoms with Gasteiger partial charge >= 0.3 is 11.7 Å². The Morgan fingerprint density at radius 1 is 1.10 bits per heavy atom. The maximum absolute atomic E-state index is 12.7. The Morgan fingerprint density at radius 2 is 1.86 bits per heavy atom. The molecule has 0 bridgehead atoms. The lowest BCUT2D eigenvalue weighted by atomic mass is 10.2. The molecule has 3 N–H and O–H groups in total. The molecule has 9 nitrogen and oxygen atoms in total. The third-order valence-corrected chi connectivity index (χ3v) is 4.62. The normalized spacial score (nSPS) is 11.1. The van der Waals surface area contributed by atoms with Gasteiger partial charge in [-0.1, -0.05) is 23.7 Å². The summed E-state index contributed by atoms with van der Waals surface area (Å²) in [6.45, 7) is -0.666. The van der Waals surface area contributed by atoms with Crippen molar-refractivity contribution in [3.8, 4) is 0 Å². The number of rotatable bonds is 4. The molecule has 0 fully saturated rings. The average Bonchev–Trinajstić information content (AvgIpc) is 3.11. The standard InChI is InChI=1S/C19H13ClN4O5/c20-11-5-6-13-10(7-11)8-14(21-13)17(27)22-24-18(28)12-3-1-2-4-15(12)23(19(24)29)9-16(25)26/h1-8,21H,9H2,(H,22,27)(H,25,26). The zero-order chi connectivity index (χ0) is 20.7. The van der Waals surface area contributed by atoms with E-state index >= 15 is 0 Å². The molecule has 1 amide bonds. The summed E-state index contributed by atoms with van der Waals surface area (Å²) in [6, 6.07) is 12.6. The van der Waals surface area contributed by atoms with Crippen LogP contribution in [0.3, 0.4) is 0 Å². The maximum Gasteiger partial charge on any atom is 0.351 e. The number of carboxylic acids is 1. The Labute approximate surface area is 166 Å². The summed E-state index contributed by atoms with van der Waals surface area (Å²) >= 11 is 5.94. The second-order valence-corrected chi connectivity index (χ2v) is 6.71. The summed E-state index contributed by atoms with van der Waals surface area (Å²) in [5.41, 5.74) is 1.43. The number of nitrogens with zero attached hydrogens (tertiary/aromatic N) is 2. The number of amides is 1. The molecule has 2 heterocycles. The Balaban J connectivity index is 1.82. The highest BCUT2D eigenvalue weighted by Gasteiger charge is 2.18. The topological polar surface area (TPSA) is 126 Å². The van der Waals surface area contributed by atoms with Crippen molar-refractivity contribution in [2.24, 2.45) is 0 Å². The number of aromatic nitrogens is 3. The van der Waals surface area contributed by atoms with Gasteiger partial charge in [0.1, 0.15) is 12.2 Å². The summed E-state index contributed by atoms with van der Waals surface area (Å²) in [7, 11) is 0. The van der Waals surface area contributed by atoms with Crippen molar-refractivity contribution in [1.29, 1.82) is 0 Å². The molecule has 0 aliphatic rings. The molecule has 0 radical (unpaired) electrons. The predicted molar refractivity (Wildman–Crippen MR) is 107 cm³/mol. The largest absolute Gasteiger partial charge is 0.480 e. The Morgan fingerprint density at radius 3 is 2.62 bits per heavy atom. The van der Waals surface area contributed by atoms with Crippen LogP contribution in [-0.2, 0) is 11.3 Å². The van der Waals surface area contributed by atoms with Crippen molar-refractivity contribution in [3.63, 3.8) is 0 Å². The third kappa shape index (κ3) is 3.27. The summed E-state index contributed by atoms with van der Waals surface area (Å²) in [5, 5.41) is 10.4. The van der Waals surface area contributed by atoms with Crippen LogP contribution in [0.15, 0.2) is 58.1 Å². The molecule has 0 atom stereocenters. The molecule has 0 aliphatic carbocycles. The number of para-hydroxylation sites is 1. The van der Waals surface area contributed by atoms with Gasteiger partial charge in [0, 0.05) is 15.9 Å². The number of nitrogens with one attached hydrogen (secondary N) is 2. The first-order valence-electron chi connectivity index (χ1n) is 8.41. The van der Waals surface area contributed by atoms with E-state index in [1.54, 1.807) is 30.3 Å². The summed E-state index contributed by atoms with van der Waals surface area (Å²) in [4.78, 5) is 52.2. The number of hydrogen-bond donors (Lipinski definition) is 3. The number of aromatic amines is 1. The maximum atomic E-state index is 12.7. The van der Waals surface area contributed by atoms with Crippen LogP contribution in [-0.4, -0.2) is 31.2 Å². The molecular formula is C19H13ClN4O5. The average molecular weight is 413 g/mol. The van der Waals surface area contributed by atoms with E-state index in [2.05, 4.69) is 10.4 Å². The van der Waals surface area contributed by atoms with Crippen LogP contribution in [0.5, 0.6) is 0 Å². The van der Waals surface area contributed by atoms with Gasteiger partial charge in [-0.3, -0.25) is 24.4 Å². The molecule has 0 spiro atoms. The van der Waals surface area contributed by atoms with Crippen LogP contribution in [0.25, 0.3) is 21.8 Å². The first-order chi connectivity index (χ1) is 13.8. The lowest BCUT2D eigenvalue weighted by molar-refractivity contribution is -0.137. The van der Waals surface area contributed by atoms with Crippen molar-refractivity contribution in [2.45, 2.75) is 6.54 Å². The van der Waals surface area contributed by atoms with E-state index < -0.39 is 29.7 Å². The van der Waals surface area contributed by atoms with Gasteiger partial charge in [0.2, 0.25) is 0 Å². The molecular weight excluding hydrogens is 400 g/mol. The number of carbonyl (C=O) groups excluding carboxylic acids is 1. The van der Waals surface area contributed by atoms with Gasteiger partial charge in [-0.05, 0) is 36.4 Å². The highest BCUT2D eigenvalue weighted by atomic mass is 35.5. The number of H-pyrrole nitrogens is 1. The Kier molecular flexibility index (Phi) is 4.44. The van der Waals surface area contributed by atoms with Gasteiger partial charge in [0.25, 0.3) is 11.5 Å². The minimum absolute atomic E-state index is 0.0945. The van der Waals surface area contributed by atoms with Gasteiger partial charge in [0.05, 0.1) is 10.9 Å². The SMILES string of the molecule is O=C(O)Cn1c(=O)n(NC(=O)c2cc3cc(Cl)ccc3[nH]2)c(=O)c2ccccc21. The number of carboxylic acid groups (broad SMARTS) is 1. The fourth-order valence-electron chi connectivity index (χ4n) is 3.10. The monoisotopic (exact) mass is 412 g/mol. The molecule has 2 aromatic heterocycles. The molecule has 2 aromatic carbocycles. The molecule has 0 saturated heterocycles. The highest BCUT2D eigenvalue weighted by Crippen LogP contribution is 2.20. The van der Waals surface area contributed by atoms with Gasteiger partial charge in [-0.25, -0.2) is 4.79 Å². The van der Waals surface area contributed by atoms with E-state index in [0.29, 0.717) is 20.6 Å². The van der Waals surface area contributed by atoms with Crippen molar-refractivity contribution >= 4 is 45.3 Å². The number of carbonyl (C=O) groups is 2. The van der Waals surface area contributed by atoms with E-state index in [1.165, 1.54) is 18.2 Å². The number of hydrogen-bond acceptors (Lipinski definition) is 4. The van der Waals surface area contributed by atoms with E-state index in [0.717, 1.165) is 4.57 Å². The van der Waals surface area contributed by atoms with Gasteiger partial charge < -0.3 is 10.1 Å². The Hall–Kier alpha value is -3.85. The second kappa shape index (κ2) is 6.95. The first kappa shape index (κ1) is 18.5. The molecule has 146 valence electrons. The lowest BCUT2D eigenvalue weighted by Crippen LogP contribution is -2.47. The minimum atomic E-state index is -1.26. The van der Waals surface area contributed by atoms with Crippen LogP contribution in [0.2, 0.25) is 5.02 Å².